The molecule has 0 bridgehead atoms. The summed E-state index contributed by atoms with van der Waals surface area (Å²) in [5.74, 6) is 0.807. The molecule has 34 heavy (non-hydrogen) atoms. The summed E-state index contributed by atoms with van der Waals surface area (Å²) in [7, 11) is 0. The first-order valence-corrected chi connectivity index (χ1v) is 13.2. The van der Waals surface area contributed by atoms with Crippen LogP contribution in [-0.4, -0.2) is 42.9 Å². The number of piperidine rings is 1. The first-order valence-electron chi connectivity index (χ1n) is 13.2. The van der Waals surface area contributed by atoms with E-state index in [9.17, 15) is 9.59 Å². The number of anilines is 2. The summed E-state index contributed by atoms with van der Waals surface area (Å²) < 4.78 is 0. The number of nitrogens with zero attached hydrogens (tertiary/aromatic N) is 2. The average Bonchev–Trinajstić information content (AvgIpc) is 3.40. The van der Waals surface area contributed by atoms with Gasteiger partial charge in [-0.15, -0.1) is 0 Å². The Morgan fingerprint density at radius 3 is 2.38 bits per heavy atom. The maximum atomic E-state index is 13.5. The highest BCUT2D eigenvalue weighted by molar-refractivity contribution is 6.02. The summed E-state index contributed by atoms with van der Waals surface area (Å²) >= 11 is 0. The van der Waals surface area contributed by atoms with E-state index < -0.39 is 0 Å². The van der Waals surface area contributed by atoms with E-state index in [1.165, 1.54) is 5.56 Å². The van der Waals surface area contributed by atoms with Crippen LogP contribution in [0.15, 0.2) is 48.5 Å². The third kappa shape index (κ3) is 6.40. The van der Waals surface area contributed by atoms with Crippen molar-refractivity contribution in [3.05, 3.63) is 59.7 Å². The van der Waals surface area contributed by atoms with Crippen LogP contribution in [0.5, 0.6) is 0 Å². The zero-order chi connectivity index (χ0) is 23.8. The Labute approximate surface area is 204 Å². The molecule has 0 atom stereocenters. The number of amides is 2. The average molecular weight is 462 g/mol. The number of carbonyl (C=O) groups is 2. The molecule has 182 valence electrons. The van der Waals surface area contributed by atoms with Gasteiger partial charge in [0.2, 0.25) is 5.91 Å². The van der Waals surface area contributed by atoms with Crippen molar-refractivity contribution in [2.24, 2.45) is 5.92 Å². The van der Waals surface area contributed by atoms with Crippen LogP contribution < -0.4 is 10.2 Å². The standard InChI is InChI=1S/C29H39N3O2/c1-2-3-5-12-28(33)30-25-13-14-27(26(22-25)29(34)32-17-8-9-18-32)31-19-15-24(16-20-31)21-23-10-6-4-7-11-23/h4,6-7,10-11,13-14,22,24H,2-3,5,8-9,12,15-21H2,1H3,(H,30,33). The van der Waals surface area contributed by atoms with Gasteiger partial charge in [-0.3, -0.25) is 9.59 Å². The van der Waals surface area contributed by atoms with Crippen LogP contribution in [0.2, 0.25) is 0 Å². The van der Waals surface area contributed by atoms with Gasteiger partial charge in [-0.05, 0) is 68.2 Å². The van der Waals surface area contributed by atoms with Crippen LogP contribution in [0.1, 0.15) is 74.2 Å². The highest BCUT2D eigenvalue weighted by Crippen LogP contribution is 2.31. The molecule has 2 aliphatic rings. The molecule has 2 amide bonds. The first kappa shape index (κ1) is 24.3. The molecule has 0 spiro atoms. The van der Waals surface area contributed by atoms with Crippen molar-refractivity contribution in [2.75, 3.05) is 36.4 Å². The summed E-state index contributed by atoms with van der Waals surface area (Å²) in [5, 5.41) is 3.02. The van der Waals surface area contributed by atoms with Gasteiger partial charge in [0, 0.05) is 44.0 Å². The summed E-state index contributed by atoms with van der Waals surface area (Å²) in [6.07, 6.45) is 9.10. The summed E-state index contributed by atoms with van der Waals surface area (Å²) in [4.78, 5) is 30.2. The Kier molecular flexibility index (Phi) is 8.62. The molecule has 0 unspecified atom stereocenters. The minimum Gasteiger partial charge on any atom is -0.371 e. The molecule has 0 aromatic heterocycles. The Hall–Kier alpha value is -2.82. The Morgan fingerprint density at radius 2 is 1.68 bits per heavy atom. The smallest absolute Gasteiger partial charge is 0.256 e. The predicted molar refractivity (Wildman–Crippen MR) is 139 cm³/mol. The SMILES string of the molecule is CCCCCC(=O)Nc1ccc(N2CCC(Cc3ccccc3)CC2)c(C(=O)N2CCCC2)c1. The molecule has 2 fully saturated rings. The molecular formula is C29H39N3O2. The number of hydrogen-bond acceptors (Lipinski definition) is 3. The zero-order valence-electron chi connectivity index (χ0n) is 20.6. The maximum Gasteiger partial charge on any atom is 0.256 e. The lowest BCUT2D eigenvalue weighted by Crippen LogP contribution is -2.36. The molecule has 2 heterocycles. The van der Waals surface area contributed by atoms with Gasteiger partial charge in [0.1, 0.15) is 0 Å². The van der Waals surface area contributed by atoms with Crippen LogP contribution in [-0.2, 0) is 11.2 Å². The van der Waals surface area contributed by atoms with E-state index in [4.69, 9.17) is 0 Å². The van der Waals surface area contributed by atoms with E-state index in [1.54, 1.807) is 0 Å². The number of likely N-dealkylation sites (tertiary alicyclic amines) is 1. The van der Waals surface area contributed by atoms with Crippen molar-refractivity contribution in [3.63, 3.8) is 0 Å². The summed E-state index contributed by atoms with van der Waals surface area (Å²) in [6.45, 7) is 5.70. The fraction of sp³-hybridized carbons (Fsp3) is 0.517. The van der Waals surface area contributed by atoms with Crippen molar-refractivity contribution in [3.8, 4) is 0 Å². The van der Waals surface area contributed by atoms with Gasteiger partial charge < -0.3 is 15.1 Å². The first-order chi connectivity index (χ1) is 16.6. The van der Waals surface area contributed by atoms with E-state index in [0.29, 0.717) is 12.3 Å². The Bertz CT molecular complexity index is 945. The van der Waals surface area contributed by atoms with Crippen molar-refractivity contribution in [2.45, 2.75) is 64.7 Å². The van der Waals surface area contributed by atoms with E-state index in [2.05, 4.69) is 47.5 Å². The van der Waals surface area contributed by atoms with Crippen LogP contribution >= 0.6 is 0 Å². The molecule has 4 rings (SSSR count). The summed E-state index contributed by atoms with van der Waals surface area (Å²) in [5.41, 5.74) is 3.88. The number of benzene rings is 2. The molecule has 0 radical (unpaired) electrons. The molecule has 5 nitrogen and oxygen atoms in total. The molecule has 1 N–H and O–H groups in total. The Morgan fingerprint density at radius 1 is 0.941 bits per heavy atom. The van der Waals surface area contributed by atoms with Crippen molar-refractivity contribution in [1.29, 1.82) is 0 Å². The topological polar surface area (TPSA) is 52.7 Å². The third-order valence-corrected chi connectivity index (χ3v) is 7.23. The second-order valence-corrected chi connectivity index (χ2v) is 9.86. The minimum absolute atomic E-state index is 0.0301. The van der Waals surface area contributed by atoms with Crippen molar-refractivity contribution in [1.82, 2.24) is 4.90 Å². The van der Waals surface area contributed by atoms with Gasteiger partial charge in [0.25, 0.3) is 5.91 Å². The van der Waals surface area contributed by atoms with Gasteiger partial charge in [0.15, 0.2) is 0 Å². The highest BCUT2D eigenvalue weighted by Gasteiger charge is 2.27. The van der Waals surface area contributed by atoms with Gasteiger partial charge in [-0.2, -0.15) is 0 Å². The van der Waals surface area contributed by atoms with Gasteiger partial charge >= 0.3 is 0 Å². The summed E-state index contributed by atoms with van der Waals surface area (Å²) in [6, 6.07) is 16.6. The molecule has 2 aromatic rings. The molecule has 0 saturated carbocycles. The fourth-order valence-corrected chi connectivity index (χ4v) is 5.24. The van der Waals surface area contributed by atoms with Crippen LogP contribution in [0.3, 0.4) is 0 Å². The molecule has 2 aromatic carbocycles. The van der Waals surface area contributed by atoms with E-state index in [-0.39, 0.29) is 11.8 Å². The van der Waals surface area contributed by atoms with Gasteiger partial charge in [0.05, 0.1) is 5.56 Å². The second kappa shape index (κ2) is 12.0. The lowest BCUT2D eigenvalue weighted by Gasteiger charge is -2.35. The third-order valence-electron chi connectivity index (χ3n) is 7.23. The number of unbranched alkanes of at least 4 members (excludes halogenated alkanes) is 2. The predicted octanol–water partition coefficient (Wildman–Crippen LogP) is 5.90. The number of rotatable bonds is 9. The monoisotopic (exact) mass is 461 g/mol. The van der Waals surface area contributed by atoms with E-state index in [1.807, 2.05) is 23.1 Å². The Balaban J connectivity index is 1.46. The number of nitrogens with one attached hydrogen (secondary N) is 1. The number of carbonyl (C=O) groups excluding carboxylic acids is 2. The van der Waals surface area contributed by atoms with Crippen molar-refractivity contribution >= 4 is 23.2 Å². The van der Waals surface area contributed by atoms with Gasteiger partial charge in [-0.25, -0.2) is 0 Å². The zero-order valence-corrected chi connectivity index (χ0v) is 20.6. The lowest BCUT2D eigenvalue weighted by atomic mass is 9.89. The number of hydrogen-bond donors (Lipinski definition) is 1. The largest absolute Gasteiger partial charge is 0.371 e. The van der Waals surface area contributed by atoms with Crippen LogP contribution in [0.4, 0.5) is 11.4 Å². The van der Waals surface area contributed by atoms with Crippen LogP contribution in [0, 0.1) is 5.92 Å². The molecule has 2 aliphatic heterocycles. The maximum absolute atomic E-state index is 13.5. The van der Waals surface area contributed by atoms with E-state index in [0.717, 1.165) is 94.5 Å². The van der Waals surface area contributed by atoms with Gasteiger partial charge in [-0.1, -0.05) is 50.1 Å². The fourth-order valence-electron chi connectivity index (χ4n) is 5.24. The second-order valence-electron chi connectivity index (χ2n) is 9.86. The highest BCUT2D eigenvalue weighted by atomic mass is 16.2. The van der Waals surface area contributed by atoms with E-state index >= 15 is 0 Å². The molecule has 5 heteroatoms. The molecular weight excluding hydrogens is 422 g/mol. The molecule has 0 aliphatic carbocycles. The molecule has 2 saturated heterocycles. The lowest BCUT2D eigenvalue weighted by molar-refractivity contribution is -0.116. The quantitative estimate of drug-likeness (QED) is 0.473. The van der Waals surface area contributed by atoms with Crippen LogP contribution in [0.25, 0.3) is 0 Å². The van der Waals surface area contributed by atoms with Crippen molar-refractivity contribution < 1.29 is 9.59 Å². The minimum atomic E-state index is 0.0301. The normalized spacial score (nSPS) is 16.6.